The first-order valence-corrected chi connectivity index (χ1v) is 8.00. The van der Waals surface area contributed by atoms with Crippen molar-refractivity contribution in [3.63, 3.8) is 0 Å². The van der Waals surface area contributed by atoms with Crippen LogP contribution in [0.4, 0.5) is 0 Å². The van der Waals surface area contributed by atoms with Crippen LogP contribution in [0, 0.1) is 0 Å². The summed E-state index contributed by atoms with van der Waals surface area (Å²) in [5.41, 5.74) is 1.09. The van der Waals surface area contributed by atoms with Gasteiger partial charge < -0.3 is 9.42 Å². The normalized spacial score (nSPS) is 21.9. The van der Waals surface area contributed by atoms with Crippen LogP contribution in [-0.4, -0.2) is 28.0 Å². The van der Waals surface area contributed by atoms with Gasteiger partial charge in [-0.2, -0.15) is 0 Å². The first kappa shape index (κ1) is 15.1. The van der Waals surface area contributed by atoms with Crippen molar-refractivity contribution >= 4 is 17.5 Å². The lowest BCUT2D eigenvalue weighted by Crippen LogP contribution is -2.47. The molecule has 1 aliphatic rings. The van der Waals surface area contributed by atoms with Gasteiger partial charge in [0.05, 0.1) is 5.02 Å². The average molecular weight is 319 g/mol. The van der Waals surface area contributed by atoms with Crippen LogP contribution in [0.15, 0.2) is 34.9 Å². The standard InChI is InChI=1S/C17H19ClN2O2/c1-11-6-5-7-12(2)20(11)17(21)15-10-16(22-19-15)13-8-3-4-9-14(13)18/h3-4,8-12H,5-7H2,1-2H3/t11-,12+. The van der Waals surface area contributed by atoms with Crippen LogP contribution >= 0.6 is 11.6 Å². The number of rotatable bonds is 2. The highest BCUT2D eigenvalue weighted by Gasteiger charge is 2.31. The Morgan fingerprint density at radius 3 is 2.64 bits per heavy atom. The number of halogens is 1. The van der Waals surface area contributed by atoms with Crippen LogP contribution in [0.25, 0.3) is 11.3 Å². The van der Waals surface area contributed by atoms with Gasteiger partial charge in [0.1, 0.15) is 0 Å². The van der Waals surface area contributed by atoms with Crippen LogP contribution < -0.4 is 0 Å². The first-order valence-electron chi connectivity index (χ1n) is 7.62. The monoisotopic (exact) mass is 318 g/mol. The second-order valence-corrected chi connectivity index (χ2v) is 6.30. The lowest BCUT2D eigenvalue weighted by atomic mass is 9.97. The molecule has 1 fully saturated rings. The van der Waals surface area contributed by atoms with Gasteiger partial charge in [0.2, 0.25) is 0 Å². The molecule has 0 radical (unpaired) electrons. The van der Waals surface area contributed by atoms with E-state index in [0.29, 0.717) is 16.5 Å². The van der Waals surface area contributed by atoms with Crippen LogP contribution in [0.2, 0.25) is 5.02 Å². The fourth-order valence-electron chi connectivity index (χ4n) is 3.12. The van der Waals surface area contributed by atoms with E-state index in [4.69, 9.17) is 16.1 Å². The molecule has 0 bridgehead atoms. The van der Waals surface area contributed by atoms with Crippen molar-refractivity contribution < 1.29 is 9.32 Å². The van der Waals surface area contributed by atoms with Crippen LogP contribution in [0.1, 0.15) is 43.6 Å². The fraction of sp³-hybridized carbons (Fsp3) is 0.412. The van der Waals surface area contributed by atoms with E-state index in [-0.39, 0.29) is 18.0 Å². The molecule has 1 amide bonds. The Kier molecular flexibility index (Phi) is 4.21. The van der Waals surface area contributed by atoms with Crippen molar-refractivity contribution in [1.82, 2.24) is 10.1 Å². The molecule has 4 nitrogen and oxygen atoms in total. The molecule has 1 aromatic heterocycles. The first-order chi connectivity index (χ1) is 10.6. The lowest BCUT2D eigenvalue weighted by molar-refractivity contribution is 0.0500. The number of piperidine rings is 1. The maximum Gasteiger partial charge on any atom is 0.276 e. The number of carbonyl (C=O) groups excluding carboxylic acids is 1. The Morgan fingerprint density at radius 2 is 1.95 bits per heavy atom. The molecule has 5 heteroatoms. The third-order valence-electron chi connectivity index (χ3n) is 4.30. The second-order valence-electron chi connectivity index (χ2n) is 5.90. The minimum atomic E-state index is -0.0678. The third-order valence-corrected chi connectivity index (χ3v) is 4.63. The summed E-state index contributed by atoms with van der Waals surface area (Å²) in [6.45, 7) is 4.17. The molecule has 1 saturated heterocycles. The molecule has 0 saturated carbocycles. The molecule has 2 heterocycles. The number of benzene rings is 1. The largest absolute Gasteiger partial charge is 0.355 e. The summed E-state index contributed by atoms with van der Waals surface area (Å²) in [5.74, 6) is 0.452. The summed E-state index contributed by atoms with van der Waals surface area (Å²) in [4.78, 5) is 14.6. The summed E-state index contributed by atoms with van der Waals surface area (Å²) in [5, 5.41) is 4.53. The minimum Gasteiger partial charge on any atom is -0.355 e. The van der Waals surface area contributed by atoms with Crippen molar-refractivity contribution in [1.29, 1.82) is 0 Å². The molecule has 22 heavy (non-hydrogen) atoms. The molecule has 0 N–H and O–H groups in total. The van der Waals surface area contributed by atoms with Crippen molar-refractivity contribution in [2.24, 2.45) is 0 Å². The Morgan fingerprint density at radius 1 is 1.27 bits per heavy atom. The third kappa shape index (κ3) is 2.75. The molecule has 2 atom stereocenters. The van der Waals surface area contributed by atoms with Gasteiger partial charge in [-0.3, -0.25) is 4.79 Å². The Hall–Kier alpha value is -1.81. The topological polar surface area (TPSA) is 46.3 Å². The molecule has 0 unspecified atom stereocenters. The Labute approximate surface area is 135 Å². The SMILES string of the molecule is C[C@@H]1CCC[C@H](C)N1C(=O)c1cc(-c2ccccc2Cl)on1. The molecule has 1 aliphatic heterocycles. The summed E-state index contributed by atoms with van der Waals surface area (Å²) in [6.07, 6.45) is 3.23. The van der Waals surface area contributed by atoms with Crippen molar-refractivity contribution in [2.45, 2.75) is 45.2 Å². The quantitative estimate of drug-likeness (QED) is 0.824. The van der Waals surface area contributed by atoms with E-state index in [9.17, 15) is 4.79 Å². The maximum absolute atomic E-state index is 12.7. The van der Waals surface area contributed by atoms with E-state index < -0.39 is 0 Å². The summed E-state index contributed by atoms with van der Waals surface area (Å²) < 4.78 is 5.33. The van der Waals surface area contributed by atoms with E-state index in [1.807, 2.05) is 23.1 Å². The molecule has 2 aromatic rings. The van der Waals surface area contributed by atoms with Crippen LogP contribution in [-0.2, 0) is 0 Å². The lowest BCUT2D eigenvalue weighted by Gasteiger charge is -2.38. The highest BCUT2D eigenvalue weighted by atomic mass is 35.5. The smallest absolute Gasteiger partial charge is 0.276 e. The van der Waals surface area contributed by atoms with Gasteiger partial charge in [-0.25, -0.2) is 0 Å². The van der Waals surface area contributed by atoms with E-state index in [1.54, 1.807) is 12.1 Å². The zero-order valence-electron chi connectivity index (χ0n) is 12.8. The van der Waals surface area contributed by atoms with Gasteiger partial charge in [0.25, 0.3) is 5.91 Å². The van der Waals surface area contributed by atoms with Gasteiger partial charge in [0, 0.05) is 23.7 Å². The molecule has 1 aromatic carbocycles. The number of carbonyl (C=O) groups is 1. The number of amides is 1. The van der Waals surface area contributed by atoms with Crippen molar-refractivity contribution in [3.05, 3.63) is 41.0 Å². The van der Waals surface area contributed by atoms with Gasteiger partial charge in [0.15, 0.2) is 11.5 Å². The summed E-state index contributed by atoms with van der Waals surface area (Å²) >= 11 is 6.16. The molecule has 3 rings (SSSR count). The fourth-order valence-corrected chi connectivity index (χ4v) is 3.35. The average Bonchev–Trinajstić information content (AvgIpc) is 2.97. The highest BCUT2D eigenvalue weighted by molar-refractivity contribution is 6.33. The van der Waals surface area contributed by atoms with Gasteiger partial charge in [-0.1, -0.05) is 28.9 Å². The van der Waals surface area contributed by atoms with E-state index in [0.717, 1.165) is 24.8 Å². The van der Waals surface area contributed by atoms with Gasteiger partial charge in [-0.15, -0.1) is 0 Å². The predicted octanol–water partition coefficient (Wildman–Crippen LogP) is 4.40. The number of hydrogen-bond acceptors (Lipinski definition) is 3. The zero-order chi connectivity index (χ0) is 15.7. The van der Waals surface area contributed by atoms with E-state index >= 15 is 0 Å². The summed E-state index contributed by atoms with van der Waals surface area (Å²) in [7, 11) is 0. The van der Waals surface area contributed by atoms with E-state index in [1.165, 1.54) is 0 Å². The molecular weight excluding hydrogens is 300 g/mol. The highest BCUT2D eigenvalue weighted by Crippen LogP contribution is 2.29. The molecule has 0 aliphatic carbocycles. The number of hydrogen-bond donors (Lipinski definition) is 0. The summed E-state index contributed by atoms with van der Waals surface area (Å²) in [6, 6.07) is 9.51. The number of nitrogens with zero attached hydrogens (tertiary/aromatic N) is 2. The Balaban J connectivity index is 1.87. The molecule has 116 valence electrons. The molecular formula is C17H19ClN2O2. The number of likely N-dealkylation sites (tertiary alicyclic amines) is 1. The minimum absolute atomic E-state index is 0.0678. The zero-order valence-corrected chi connectivity index (χ0v) is 13.5. The second kappa shape index (κ2) is 6.13. The van der Waals surface area contributed by atoms with Crippen LogP contribution in [0.5, 0.6) is 0 Å². The van der Waals surface area contributed by atoms with Gasteiger partial charge >= 0.3 is 0 Å². The maximum atomic E-state index is 12.7. The predicted molar refractivity (Wildman–Crippen MR) is 85.9 cm³/mol. The molecule has 0 spiro atoms. The van der Waals surface area contributed by atoms with Crippen molar-refractivity contribution in [3.8, 4) is 11.3 Å². The van der Waals surface area contributed by atoms with Crippen LogP contribution in [0.3, 0.4) is 0 Å². The number of aromatic nitrogens is 1. The van der Waals surface area contributed by atoms with Gasteiger partial charge in [-0.05, 0) is 45.2 Å². The van der Waals surface area contributed by atoms with Crippen molar-refractivity contribution in [2.75, 3.05) is 0 Å². The Bertz CT molecular complexity index is 673. The van der Waals surface area contributed by atoms with E-state index in [2.05, 4.69) is 19.0 Å².